The Morgan fingerprint density at radius 2 is 2.04 bits per heavy atom. The maximum Gasteiger partial charge on any atom is 0.329 e. The van der Waals surface area contributed by atoms with E-state index in [1.165, 1.54) is 26.4 Å². The highest BCUT2D eigenvalue weighted by Crippen LogP contribution is 2.36. The van der Waals surface area contributed by atoms with Crippen molar-refractivity contribution in [3.8, 4) is 11.5 Å². The second kappa shape index (κ2) is 8.73. The Bertz CT molecular complexity index is 647. The van der Waals surface area contributed by atoms with Crippen molar-refractivity contribution in [1.29, 1.82) is 0 Å². The van der Waals surface area contributed by atoms with Gasteiger partial charge in [0.25, 0.3) is 0 Å². The van der Waals surface area contributed by atoms with E-state index < -0.39 is 24.4 Å². The zero-order chi connectivity index (χ0) is 17.4. The minimum Gasteiger partial charge on any atom is -0.546 e. The predicted octanol–water partition coefficient (Wildman–Crippen LogP) is -1.22. The van der Waals surface area contributed by atoms with Gasteiger partial charge in [0.2, 0.25) is 0 Å². The van der Waals surface area contributed by atoms with Gasteiger partial charge in [-0.1, -0.05) is 0 Å². The van der Waals surface area contributed by atoms with Crippen LogP contribution < -0.4 is 25.3 Å². The number of ether oxygens (including phenoxy) is 2. The fourth-order valence-electron chi connectivity index (χ4n) is 1.42. The Morgan fingerprint density at radius 3 is 2.61 bits per heavy atom. The van der Waals surface area contributed by atoms with E-state index in [4.69, 9.17) is 9.47 Å². The van der Waals surface area contributed by atoms with Crippen LogP contribution in [-0.2, 0) is 14.4 Å². The van der Waals surface area contributed by atoms with Gasteiger partial charge in [-0.3, -0.25) is 9.59 Å². The van der Waals surface area contributed by atoms with Crippen molar-refractivity contribution in [3.63, 3.8) is 0 Å². The largest absolute Gasteiger partial charge is 0.546 e. The van der Waals surface area contributed by atoms with Gasteiger partial charge >= 0.3 is 11.8 Å². The fraction of sp³-hybridized carbons (Fsp3) is 0.231. The molecule has 0 atom stereocenters. The molecule has 0 saturated carbocycles. The lowest BCUT2D eigenvalue weighted by Crippen LogP contribution is -2.35. The molecule has 0 bridgehead atoms. The highest BCUT2D eigenvalue weighted by Gasteiger charge is 2.12. The number of methoxy groups -OCH3 is 1. The third kappa shape index (κ3) is 5.58. The molecule has 0 heterocycles. The third-order valence-corrected chi connectivity index (χ3v) is 2.99. The fourth-order valence-corrected chi connectivity index (χ4v) is 1.99. The average molecular weight is 387 g/mol. The highest BCUT2D eigenvalue weighted by molar-refractivity contribution is 9.10. The monoisotopic (exact) mass is 386 g/mol. The molecule has 1 aromatic carbocycles. The zero-order valence-corrected chi connectivity index (χ0v) is 13.8. The summed E-state index contributed by atoms with van der Waals surface area (Å²) in [7, 11) is 2.70. The van der Waals surface area contributed by atoms with Crippen molar-refractivity contribution in [2.45, 2.75) is 0 Å². The number of carboxylic acid groups (broad SMARTS) is 1. The number of amides is 2. The van der Waals surface area contributed by atoms with E-state index in [-0.39, 0.29) is 11.5 Å². The Kier molecular flexibility index (Phi) is 7.00. The maximum atomic E-state index is 11.2. The summed E-state index contributed by atoms with van der Waals surface area (Å²) in [5, 5.41) is 16.2. The van der Waals surface area contributed by atoms with Crippen molar-refractivity contribution in [2.75, 3.05) is 20.8 Å². The second-order valence-electron chi connectivity index (χ2n) is 3.97. The molecule has 0 saturated heterocycles. The van der Waals surface area contributed by atoms with Crippen LogP contribution in [-0.4, -0.2) is 44.8 Å². The summed E-state index contributed by atoms with van der Waals surface area (Å²) in [5.41, 5.74) is 2.54. The Labute approximate surface area is 139 Å². The van der Waals surface area contributed by atoms with Crippen molar-refractivity contribution < 1.29 is 29.0 Å². The number of halogens is 1. The summed E-state index contributed by atoms with van der Waals surface area (Å²) in [6, 6.07) is 3.06. The van der Waals surface area contributed by atoms with E-state index in [2.05, 4.69) is 26.3 Å². The molecule has 23 heavy (non-hydrogen) atoms. The summed E-state index contributed by atoms with van der Waals surface area (Å²) in [4.78, 5) is 32.6. The maximum absolute atomic E-state index is 11.2. The number of benzene rings is 1. The SMILES string of the molecule is CNC(=O)C(=O)N/N=C\c1cc(Br)c(OCC(=O)[O-])c(OC)c1. The Morgan fingerprint density at radius 1 is 1.35 bits per heavy atom. The molecule has 2 amide bonds. The van der Waals surface area contributed by atoms with Gasteiger partial charge in [-0.2, -0.15) is 5.10 Å². The first-order valence-corrected chi connectivity index (χ1v) is 6.93. The van der Waals surface area contributed by atoms with E-state index in [0.29, 0.717) is 10.0 Å². The molecule has 0 spiro atoms. The molecule has 0 aliphatic heterocycles. The molecule has 0 aliphatic carbocycles. The Hall–Kier alpha value is -2.62. The third-order valence-electron chi connectivity index (χ3n) is 2.40. The van der Waals surface area contributed by atoms with E-state index in [1.807, 2.05) is 5.43 Å². The number of nitrogens with one attached hydrogen (secondary N) is 2. The number of hydrazone groups is 1. The molecular weight excluding hydrogens is 374 g/mol. The molecule has 0 unspecified atom stereocenters. The van der Waals surface area contributed by atoms with Crippen LogP contribution >= 0.6 is 15.9 Å². The molecule has 1 aromatic rings. The van der Waals surface area contributed by atoms with Gasteiger partial charge < -0.3 is 24.7 Å². The number of nitrogens with zero attached hydrogens (tertiary/aromatic N) is 1. The lowest BCUT2D eigenvalue weighted by Gasteiger charge is -2.13. The number of likely N-dealkylation sites (N-methyl/N-ethyl adjacent to an activating group) is 1. The van der Waals surface area contributed by atoms with Crippen molar-refractivity contribution in [3.05, 3.63) is 22.2 Å². The predicted molar refractivity (Wildman–Crippen MR) is 81.0 cm³/mol. The number of carboxylic acids is 1. The first-order valence-electron chi connectivity index (χ1n) is 6.14. The van der Waals surface area contributed by atoms with E-state index >= 15 is 0 Å². The number of aliphatic carboxylic acids is 1. The van der Waals surface area contributed by atoms with Crippen molar-refractivity contribution in [1.82, 2.24) is 10.7 Å². The molecule has 0 aromatic heterocycles. The van der Waals surface area contributed by atoms with Crippen LogP contribution in [0.2, 0.25) is 0 Å². The smallest absolute Gasteiger partial charge is 0.329 e. The number of rotatable bonds is 6. The van der Waals surface area contributed by atoms with Crippen LogP contribution in [0.5, 0.6) is 11.5 Å². The lowest BCUT2D eigenvalue weighted by molar-refractivity contribution is -0.307. The van der Waals surface area contributed by atoms with Gasteiger partial charge in [0.05, 0.1) is 23.8 Å². The molecule has 10 heteroatoms. The van der Waals surface area contributed by atoms with Crippen LogP contribution in [0.4, 0.5) is 0 Å². The lowest BCUT2D eigenvalue weighted by atomic mass is 10.2. The number of hydrogen-bond acceptors (Lipinski definition) is 7. The Balaban J connectivity index is 2.89. The second-order valence-corrected chi connectivity index (χ2v) is 4.83. The molecule has 0 fully saturated rings. The summed E-state index contributed by atoms with van der Waals surface area (Å²) in [6.45, 7) is -0.634. The van der Waals surface area contributed by atoms with Crippen LogP contribution in [0.25, 0.3) is 0 Å². The van der Waals surface area contributed by atoms with Gasteiger partial charge in [-0.15, -0.1) is 0 Å². The van der Waals surface area contributed by atoms with Gasteiger partial charge in [-0.05, 0) is 33.6 Å². The number of carbonyl (C=O) groups excluding carboxylic acids is 3. The minimum atomic E-state index is -1.37. The summed E-state index contributed by atoms with van der Waals surface area (Å²) in [6.07, 6.45) is 1.27. The summed E-state index contributed by atoms with van der Waals surface area (Å²) >= 11 is 3.21. The highest BCUT2D eigenvalue weighted by atomic mass is 79.9. The molecule has 124 valence electrons. The van der Waals surface area contributed by atoms with Crippen LogP contribution in [0.15, 0.2) is 21.7 Å². The molecule has 0 radical (unpaired) electrons. The topological polar surface area (TPSA) is 129 Å². The molecule has 9 nitrogen and oxygen atoms in total. The van der Waals surface area contributed by atoms with Crippen molar-refractivity contribution >= 4 is 39.9 Å². The molecular formula is C13H13BrN3O6-. The average Bonchev–Trinajstić information content (AvgIpc) is 2.52. The minimum absolute atomic E-state index is 0.184. The van der Waals surface area contributed by atoms with Crippen molar-refractivity contribution in [2.24, 2.45) is 5.10 Å². The quantitative estimate of drug-likeness (QED) is 0.358. The van der Waals surface area contributed by atoms with E-state index in [1.54, 1.807) is 6.07 Å². The molecule has 0 aliphatic rings. The van der Waals surface area contributed by atoms with Gasteiger partial charge in [-0.25, -0.2) is 5.43 Å². The normalized spacial score (nSPS) is 10.2. The summed E-state index contributed by atoms with van der Waals surface area (Å²) in [5.74, 6) is -2.68. The summed E-state index contributed by atoms with van der Waals surface area (Å²) < 4.78 is 10.6. The first kappa shape index (κ1) is 18.4. The van der Waals surface area contributed by atoms with Crippen LogP contribution in [0.3, 0.4) is 0 Å². The van der Waals surface area contributed by atoms with E-state index in [9.17, 15) is 19.5 Å². The molecule has 1 rings (SSSR count). The standard InChI is InChI=1S/C13H14BrN3O6/c1-15-12(20)13(21)17-16-5-7-3-8(14)11(9(4-7)22-2)23-6-10(18)19/h3-5H,6H2,1-2H3,(H,15,20)(H,17,21)(H,18,19)/p-1/b16-5-. The number of hydrogen-bond donors (Lipinski definition) is 2. The van der Waals surface area contributed by atoms with Gasteiger partial charge in [0.15, 0.2) is 11.5 Å². The van der Waals surface area contributed by atoms with Gasteiger partial charge in [0.1, 0.15) is 6.61 Å². The van der Waals surface area contributed by atoms with E-state index in [0.717, 1.165) is 0 Å². The molecule has 2 N–H and O–H groups in total. The number of carbonyl (C=O) groups is 3. The van der Waals surface area contributed by atoms with Gasteiger partial charge in [0, 0.05) is 7.05 Å². The first-order chi connectivity index (χ1) is 10.9. The zero-order valence-electron chi connectivity index (χ0n) is 12.2. The van der Waals surface area contributed by atoms with Crippen LogP contribution in [0, 0.1) is 0 Å². The van der Waals surface area contributed by atoms with Crippen LogP contribution in [0.1, 0.15) is 5.56 Å².